The predicted molar refractivity (Wildman–Crippen MR) is 78.1 cm³/mol. The third-order valence-corrected chi connectivity index (χ3v) is 4.19. The first kappa shape index (κ1) is 13.2. The molecule has 2 unspecified atom stereocenters. The molecular weight excluding hydrogens is 240 g/mol. The first-order valence-corrected chi connectivity index (χ1v) is 7.24. The number of thiazole rings is 1. The number of hydrogen-bond acceptors (Lipinski definition) is 3. The van der Waals surface area contributed by atoms with Crippen LogP contribution in [0.5, 0.6) is 0 Å². The molecule has 1 heterocycles. The molecular formula is C15H20N2S. The zero-order chi connectivity index (χ0) is 13.0. The zero-order valence-corrected chi connectivity index (χ0v) is 12.0. The number of hydrogen-bond donors (Lipinski definition) is 1. The van der Waals surface area contributed by atoms with Crippen LogP contribution in [0.15, 0.2) is 35.8 Å². The molecule has 1 N–H and O–H groups in total. The van der Waals surface area contributed by atoms with E-state index in [1.165, 1.54) is 16.1 Å². The molecule has 2 aromatic rings. The summed E-state index contributed by atoms with van der Waals surface area (Å²) < 4.78 is 0. The summed E-state index contributed by atoms with van der Waals surface area (Å²) in [5.41, 5.74) is 2.65. The van der Waals surface area contributed by atoms with E-state index in [0.717, 1.165) is 6.54 Å². The third-order valence-electron chi connectivity index (χ3n) is 3.18. The van der Waals surface area contributed by atoms with Crippen molar-refractivity contribution in [3.63, 3.8) is 0 Å². The number of rotatable bonds is 5. The minimum atomic E-state index is 0.382. The fourth-order valence-electron chi connectivity index (χ4n) is 1.89. The van der Waals surface area contributed by atoms with Crippen LogP contribution < -0.4 is 5.32 Å². The molecule has 0 aliphatic carbocycles. The van der Waals surface area contributed by atoms with Gasteiger partial charge >= 0.3 is 0 Å². The van der Waals surface area contributed by atoms with Gasteiger partial charge in [0.1, 0.15) is 0 Å². The highest BCUT2D eigenvalue weighted by Gasteiger charge is 2.10. The summed E-state index contributed by atoms with van der Waals surface area (Å²) in [4.78, 5) is 4.36. The van der Waals surface area contributed by atoms with Gasteiger partial charge in [0.2, 0.25) is 0 Å². The zero-order valence-electron chi connectivity index (χ0n) is 11.2. The highest BCUT2D eigenvalue weighted by atomic mass is 32.1. The van der Waals surface area contributed by atoms with Gasteiger partial charge in [-0.25, -0.2) is 4.98 Å². The summed E-state index contributed by atoms with van der Waals surface area (Å²) >= 11 is 1.73. The van der Waals surface area contributed by atoms with Crippen molar-refractivity contribution in [3.8, 4) is 0 Å². The van der Waals surface area contributed by atoms with Gasteiger partial charge in [0.05, 0.1) is 5.01 Å². The standard InChI is InChI=1S/C15H20N2S/c1-11-4-6-14(7-5-11)13(3)17-10-12(2)15-16-8-9-18-15/h4-9,12-13,17H,10H2,1-3H3. The van der Waals surface area contributed by atoms with Crippen molar-refractivity contribution in [2.75, 3.05) is 6.54 Å². The number of benzene rings is 1. The molecule has 2 atom stereocenters. The lowest BCUT2D eigenvalue weighted by atomic mass is 10.1. The van der Waals surface area contributed by atoms with Gasteiger partial charge in [-0.05, 0) is 19.4 Å². The minimum Gasteiger partial charge on any atom is -0.310 e. The molecule has 0 spiro atoms. The van der Waals surface area contributed by atoms with Crippen molar-refractivity contribution in [2.45, 2.75) is 32.7 Å². The second kappa shape index (κ2) is 6.12. The molecule has 0 bridgehead atoms. The van der Waals surface area contributed by atoms with Gasteiger partial charge in [-0.15, -0.1) is 11.3 Å². The van der Waals surface area contributed by atoms with Crippen molar-refractivity contribution in [1.82, 2.24) is 10.3 Å². The van der Waals surface area contributed by atoms with Crippen molar-refractivity contribution in [3.05, 3.63) is 52.0 Å². The van der Waals surface area contributed by atoms with Crippen LogP contribution in [0.4, 0.5) is 0 Å². The van der Waals surface area contributed by atoms with E-state index in [1.54, 1.807) is 11.3 Å². The van der Waals surface area contributed by atoms with Gasteiger partial charge in [0.25, 0.3) is 0 Å². The number of aryl methyl sites for hydroxylation is 1. The Morgan fingerprint density at radius 2 is 1.94 bits per heavy atom. The van der Waals surface area contributed by atoms with E-state index < -0.39 is 0 Å². The number of aromatic nitrogens is 1. The fourth-order valence-corrected chi connectivity index (χ4v) is 2.59. The summed E-state index contributed by atoms with van der Waals surface area (Å²) in [5, 5.41) is 6.82. The van der Waals surface area contributed by atoms with Crippen molar-refractivity contribution < 1.29 is 0 Å². The molecule has 0 amide bonds. The molecule has 0 fully saturated rings. The summed E-state index contributed by atoms with van der Waals surface area (Å²) in [7, 11) is 0. The van der Waals surface area contributed by atoms with Gasteiger partial charge in [-0.2, -0.15) is 0 Å². The first-order valence-electron chi connectivity index (χ1n) is 6.36. The highest BCUT2D eigenvalue weighted by molar-refractivity contribution is 7.09. The molecule has 0 aliphatic rings. The maximum Gasteiger partial charge on any atom is 0.0965 e. The van der Waals surface area contributed by atoms with Crippen LogP contribution >= 0.6 is 11.3 Å². The molecule has 1 aromatic carbocycles. The van der Waals surface area contributed by atoms with Gasteiger partial charge in [-0.3, -0.25) is 0 Å². The van der Waals surface area contributed by atoms with Crippen LogP contribution in [0.3, 0.4) is 0 Å². The van der Waals surface area contributed by atoms with Crippen molar-refractivity contribution >= 4 is 11.3 Å². The second-order valence-corrected chi connectivity index (χ2v) is 5.74. The van der Waals surface area contributed by atoms with Gasteiger partial charge in [0, 0.05) is 30.1 Å². The quantitative estimate of drug-likeness (QED) is 0.881. The Morgan fingerprint density at radius 1 is 1.22 bits per heavy atom. The molecule has 18 heavy (non-hydrogen) atoms. The van der Waals surface area contributed by atoms with E-state index >= 15 is 0 Å². The summed E-state index contributed by atoms with van der Waals surface area (Å²) in [6.45, 7) is 7.50. The lowest BCUT2D eigenvalue weighted by Crippen LogP contribution is -2.23. The normalized spacial score (nSPS) is 14.4. The van der Waals surface area contributed by atoms with E-state index in [1.807, 2.05) is 11.6 Å². The number of nitrogens with zero attached hydrogens (tertiary/aromatic N) is 1. The van der Waals surface area contributed by atoms with Crippen LogP contribution in [0.25, 0.3) is 0 Å². The van der Waals surface area contributed by atoms with Crippen molar-refractivity contribution in [2.24, 2.45) is 0 Å². The van der Waals surface area contributed by atoms with Crippen LogP contribution in [-0.2, 0) is 0 Å². The molecule has 3 heteroatoms. The van der Waals surface area contributed by atoms with Crippen LogP contribution in [-0.4, -0.2) is 11.5 Å². The second-order valence-electron chi connectivity index (χ2n) is 4.81. The van der Waals surface area contributed by atoms with Gasteiger partial charge in [-0.1, -0.05) is 36.8 Å². The molecule has 0 saturated heterocycles. The smallest absolute Gasteiger partial charge is 0.0965 e. The Labute approximate surface area is 113 Å². The lowest BCUT2D eigenvalue weighted by molar-refractivity contribution is 0.536. The topological polar surface area (TPSA) is 24.9 Å². The molecule has 96 valence electrons. The molecule has 0 saturated carbocycles. The largest absolute Gasteiger partial charge is 0.310 e. The summed E-state index contributed by atoms with van der Waals surface area (Å²) in [6, 6.07) is 9.10. The Kier molecular flexibility index (Phi) is 4.50. The Balaban J connectivity index is 1.88. The van der Waals surface area contributed by atoms with E-state index in [4.69, 9.17) is 0 Å². The Bertz CT molecular complexity index is 462. The molecule has 2 rings (SSSR count). The van der Waals surface area contributed by atoms with Crippen LogP contribution in [0.2, 0.25) is 0 Å². The first-order chi connectivity index (χ1) is 8.66. The minimum absolute atomic E-state index is 0.382. The molecule has 2 nitrogen and oxygen atoms in total. The molecule has 1 aromatic heterocycles. The third kappa shape index (κ3) is 3.40. The van der Waals surface area contributed by atoms with Gasteiger partial charge in [0.15, 0.2) is 0 Å². The lowest BCUT2D eigenvalue weighted by Gasteiger charge is -2.17. The molecule has 0 aliphatic heterocycles. The highest BCUT2D eigenvalue weighted by Crippen LogP contribution is 2.19. The predicted octanol–water partition coefficient (Wildman–Crippen LogP) is 3.91. The summed E-state index contributed by atoms with van der Waals surface area (Å²) in [6.07, 6.45) is 1.87. The van der Waals surface area contributed by atoms with E-state index in [0.29, 0.717) is 12.0 Å². The van der Waals surface area contributed by atoms with E-state index in [-0.39, 0.29) is 0 Å². The van der Waals surface area contributed by atoms with Crippen LogP contribution in [0.1, 0.15) is 41.9 Å². The monoisotopic (exact) mass is 260 g/mol. The van der Waals surface area contributed by atoms with Gasteiger partial charge < -0.3 is 5.32 Å². The molecule has 0 radical (unpaired) electrons. The van der Waals surface area contributed by atoms with E-state index in [9.17, 15) is 0 Å². The average molecular weight is 260 g/mol. The van der Waals surface area contributed by atoms with E-state index in [2.05, 4.69) is 55.3 Å². The Morgan fingerprint density at radius 3 is 2.56 bits per heavy atom. The Hall–Kier alpha value is -1.19. The SMILES string of the molecule is Cc1ccc(C(C)NCC(C)c2nccs2)cc1. The summed E-state index contributed by atoms with van der Waals surface area (Å²) in [5.74, 6) is 0.470. The maximum absolute atomic E-state index is 4.36. The maximum atomic E-state index is 4.36. The van der Waals surface area contributed by atoms with Crippen LogP contribution in [0, 0.1) is 6.92 Å². The fraction of sp³-hybridized carbons (Fsp3) is 0.400. The number of nitrogens with one attached hydrogen (secondary N) is 1. The van der Waals surface area contributed by atoms with Crippen molar-refractivity contribution in [1.29, 1.82) is 0 Å². The average Bonchev–Trinajstić information content (AvgIpc) is 2.90.